The summed E-state index contributed by atoms with van der Waals surface area (Å²) in [4.78, 5) is 17.6. The van der Waals surface area contributed by atoms with Gasteiger partial charge in [-0.05, 0) is 48.2 Å². The number of hydrogen-bond donors (Lipinski definition) is 1. The Hall–Kier alpha value is -1.17. The van der Waals surface area contributed by atoms with Gasteiger partial charge < -0.3 is 10.6 Å². The van der Waals surface area contributed by atoms with Crippen LogP contribution in [0.2, 0.25) is 0 Å². The predicted octanol–water partition coefficient (Wildman–Crippen LogP) is 3.71. The van der Waals surface area contributed by atoms with Gasteiger partial charge in [0.15, 0.2) is 0 Å². The Kier molecular flexibility index (Phi) is 5.28. The van der Waals surface area contributed by atoms with Crippen molar-refractivity contribution in [2.24, 2.45) is 17.6 Å². The topological polar surface area (TPSA) is 46.3 Å². The molecule has 5 heteroatoms. The van der Waals surface area contributed by atoms with E-state index in [4.69, 9.17) is 5.73 Å². The van der Waals surface area contributed by atoms with Crippen LogP contribution in [-0.4, -0.2) is 17.4 Å². The maximum Gasteiger partial charge on any atom is 0.226 e. The number of hydrogen-bond acceptors (Lipinski definition) is 4. The lowest BCUT2D eigenvalue weighted by Crippen LogP contribution is -2.38. The summed E-state index contributed by atoms with van der Waals surface area (Å²) in [5, 5.41) is 4.14. The molecular formula is C17H22N2OS2. The zero-order chi connectivity index (χ0) is 15.4. The Morgan fingerprint density at radius 2 is 1.77 bits per heavy atom. The molecule has 2 N–H and O–H groups in total. The summed E-state index contributed by atoms with van der Waals surface area (Å²) in [6.07, 6.45) is 3.22. The van der Waals surface area contributed by atoms with Gasteiger partial charge in [-0.25, -0.2) is 0 Å². The van der Waals surface area contributed by atoms with Crippen LogP contribution in [0.3, 0.4) is 0 Å². The van der Waals surface area contributed by atoms with Crippen LogP contribution < -0.4 is 5.73 Å². The average Bonchev–Trinajstić information content (AvgIpc) is 3.27. The lowest BCUT2D eigenvalue weighted by Gasteiger charge is -2.27. The number of nitrogens with zero attached hydrogens (tertiary/aromatic N) is 1. The summed E-state index contributed by atoms with van der Waals surface area (Å²) in [5.74, 6) is 0.765. The maximum absolute atomic E-state index is 13.0. The summed E-state index contributed by atoms with van der Waals surface area (Å²) in [5.41, 5.74) is 5.87. The first-order valence-electron chi connectivity index (χ1n) is 7.81. The van der Waals surface area contributed by atoms with Crippen LogP contribution in [0.5, 0.6) is 0 Å². The molecule has 2 atom stereocenters. The molecular weight excluding hydrogens is 312 g/mol. The van der Waals surface area contributed by atoms with Gasteiger partial charge in [0.05, 0.1) is 13.1 Å². The standard InChI is InChI=1S/C17H22N2OS2/c18-10-13-4-1-7-16(13)17(20)19(11-14-5-2-8-21-14)12-15-6-3-9-22-15/h2-3,5-6,8-9,13,16H,1,4,7,10-12,18H2/t13-,16-/m1/s1. The number of carbonyl (C=O) groups is 1. The highest BCUT2D eigenvalue weighted by molar-refractivity contribution is 7.10. The SMILES string of the molecule is NC[C@H]1CCC[C@H]1C(=O)N(Cc1cccs1)Cc1cccs1. The van der Waals surface area contributed by atoms with Gasteiger partial charge in [-0.3, -0.25) is 4.79 Å². The molecule has 2 heterocycles. The van der Waals surface area contributed by atoms with Crippen molar-refractivity contribution in [2.45, 2.75) is 32.4 Å². The quantitative estimate of drug-likeness (QED) is 0.875. The van der Waals surface area contributed by atoms with Crippen LogP contribution in [-0.2, 0) is 17.9 Å². The van der Waals surface area contributed by atoms with Gasteiger partial charge in [0, 0.05) is 15.7 Å². The maximum atomic E-state index is 13.0. The van der Waals surface area contributed by atoms with E-state index in [0.717, 1.165) is 19.3 Å². The second-order valence-corrected chi connectivity index (χ2v) is 7.95. The fourth-order valence-corrected chi connectivity index (χ4v) is 4.71. The molecule has 118 valence electrons. The summed E-state index contributed by atoms with van der Waals surface area (Å²) in [7, 11) is 0. The lowest BCUT2D eigenvalue weighted by atomic mass is 9.94. The van der Waals surface area contributed by atoms with Crippen LogP contribution in [0.15, 0.2) is 35.0 Å². The average molecular weight is 335 g/mol. The number of carbonyl (C=O) groups excluding carboxylic acids is 1. The van der Waals surface area contributed by atoms with E-state index in [1.165, 1.54) is 9.75 Å². The van der Waals surface area contributed by atoms with Gasteiger partial charge in [-0.15, -0.1) is 22.7 Å². The molecule has 0 aliphatic heterocycles. The van der Waals surface area contributed by atoms with E-state index < -0.39 is 0 Å². The van der Waals surface area contributed by atoms with E-state index >= 15 is 0 Å². The Labute approximate surface area is 139 Å². The van der Waals surface area contributed by atoms with Crippen LogP contribution in [0.1, 0.15) is 29.0 Å². The molecule has 1 aliphatic rings. The van der Waals surface area contributed by atoms with E-state index in [9.17, 15) is 4.79 Å². The predicted molar refractivity (Wildman–Crippen MR) is 92.8 cm³/mol. The summed E-state index contributed by atoms with van der Waals surface area (Å²) < 4.78 is 0. The van der Waals surface area contributed by atoms with Gasteiger partial charge in [-0.2, -0.15) is 0 Å². The van der Waals surface area contributed by atoms with E-state index in [1.54, 1.807) is 22.7 Å². The minimum absolute atomic E-state index is 0.116. The molecule has 1 fully saturated rings. The van der Waals surface area contributed by atoms with Crippen molar-refractivity contribution >= 4 is 28.6 Å². The van der Waals surface area contributed by atoms with Gasteiger partial charge in [0.2, 0.25) is 5.91 Å². The van der Waals surface area contributed by atoms with Crippen molar-refractivity contribution in [3.63, 3.8) is 0 Å². The van der Waals surface area contributed by atoms with E-state index in [1.807, 2.05) is 17.0 Å². The number of amides is 1. The molecule has 0 saturated heterocycles. The van der Waals surface area contributed by atoms with Gasteiger partial charge in [-0.1, -0.05) is 18.6 Å². The first-order chi connectivity index (χ1) is 10.8. The third-order valence-electron chi connectivity index (χ3n) is 4.44. The largest absolute Gasteiger partial charge is 0.332 e. The summed E-state index contributed by atoms with van der Waals surface area (Å²) in [6, 6.07) is 8.31. The number of nitrogens with two attached hydrogens (primary N) is 1. The van der Waals surface area contributed by atoms with Gasteiger partial charge in [0.1, 0.15) is 0 Å². The van der Waals surface area contributed by atoms with Gasteiger partial charge >= 0.3 is 0 Å². The van der Waals surface area contributed by atoms with Crippen molar-refractivity contribution in [3.05, 3.63) is 44.8 Å². The highest BCUT2D eigenvalue weighted by Crippen LogP contribution is 2.33. The highest BCUT2D eigenvalue weighted by atomic mass is 32.1. The van der Waals surface area contributed by atoms with Crippen molar-refractivity contribution in [3.8, 4) is 0 Å². The molecule has 1 aliphatic carbocycles. The molecule has 22 heavy (non-hydrogen) atoms. The Morgan fingerprint density at radius 1 is 1.14 bits per heavy atom. The summed E-state index contributed by atoms with van der Waals surface area (Å²) >= 11 is 3.43. The molecule has 1 amide bonds. The van der Waals surface area contributed by atoms with Crippen LogP contribution in [0, 0.1) is 11.8 Å². The second-order valence-electron chi connectivity index (χ2n) is 5.89. The fourth-order valence-electron chi connectivity index (χ4n) is 3.27. The third kappa shape index (κ3) is 3.59. The third-order valence-corrected chi connectivity index (χ3v) is 6.17. The molecule has 2 aromatic heterocycles. The van der Waals surface area contributed by atoms with Crippen LogP contribution >= 0.6 is 22.7 Å². The Bertz CT molecular complexity index is 544. The van der Waals surface area contributed by atoms with Crippen LogP contribution in [0.25, 0.3) is 0 Å². The molecule has 0 bridgehead atoms. The molecule has 0 radical (unpaired) electrons. The first-order valence-corrected chi connectivity index (χ1v) is 9.57. The molecule has 0 spiro atoms. The van der Waals surface area contributed by atoms with E-state index in [0.29, 0.717) is 25.6 Å². The Morgan fingerprint density at radius 3 is 2.27 bits per heavy atom. The zero-order valence-corrected chi connectivity index (χ0v) is 14.2. The molecule has 3 rings (SSSR count). The smallest absolute Gasteiger partial charge is 0.226 e. The van der Waals surface area contributed by atoms with Crippen LogP contribution in [0.4, 0.5) is 0 Å². The highest BCUT2D eigenvalue weighted by Gasteiger charge is 2.34. The summed E-state index contributed by atoms with van der Waals surface area (Å²) in [6.45, 7) is 2.05. The van der Waals surface area contributed by atoms with Crippen molar-refractivity contribution in [1.29, 1.82) is 0 Å². The zero-order valence-electron chi connectivity index (χ0n) is 12.6. The molecule has 0 unspecified atom stereocenters. The molecule has 1 saturated carbocycles. The van der Waals surface area contributed by atoms with Crippen molar-refractivity contribution in [2.75, 3.05) is 6.54 Å². The van der Waals surface area contributed by atoms with E-state index in [2.05, 4.69) is 22.9 Å². The minimum Gasteiger partial charge on any atom is -0.332 e. The lowest BCUT2D eigenvalue weighted by molar-refractivity contribution is -0.137. The minimum atomic E-state index is 0.116. The fraction of sp³-hybridized carbons (Fsp3) is 0.471. The molecule has 0 aromatic carbocycles. The molecule has 3 nitrogen and oxygen atoms in total. The van der Waals surface area contributed by atoms with E-state index in [-0.39, 0.29) is 11.8 Å². The number of thiophene rings is 2. The number of rotatable bonds is 6. The monoisotopic (exact) mass is 334 g/mol. The van der Waals surface area contributed by atoms with Gasteiger partial charge in [0.25, 0.3) is 0 Å². The van der Waals surface area contributed by atoms with Crippen molar-refractivity contribution < 1.29 is 4.79 Å². The second kappa shape index (κ2) is 7.40. The van der Waals surface area contributed by atoms with Crippen molar-refractivity contribution in [1.82, 2.24) is 4.90 Å². The Balaban J connectivity index is 1.76. The normalized spacial score (nSPS) is 21.1. The molecule has 2 aromatic rings. The first kappa shape index (κ1) is 15.7.